The summed E-state index contributed by atoms with van der Waals surface area (Å²) in [6, 6.07) is 52.4. The SMILES string of the molecule is c1ccc(-c2nc(-c3ccc4ccc(-c5ccc6ccccc6c5)cc4c3)nc(-c3cccc4c3oc3ccccc34)n2)cc1. The van der Waals surface area contributed by atoms with Gasteiger partial charge in [-0.25, -0.2) is 15.0 Å². The molecule has 2 aromatic heterocycles. The minimum atomic E-state index is 0.577. The van der Waals surface area contributed by atoms with E-state index in [-0.39, 0.29) is 0 Å². The molecular formula is C41H25N3O. The molecule has 0 aliphatic heterocycles. The number of para-hydroxylation sites is 2. The Bertz CT molecular complexity index is 2550. The molecule has 0 aliphatic rings. The molecule has 0 spiro atoms. The van der Waals surface area contributed by atoms with Crippen molar-refractivity contribution in [3.05, 3.63) is 152 Å². The molecule has 0 saturated carbocycles. The molecular weight excluding hydrogens is 550 g/mol. The van der Waals surface area contributed by atoms with Crippen molar-refractivity contribution in [3.8, 4) is 45.3 Å². The lowest BCUT2D eigenvalue weighted by Gasteiger charge is -2.10. The number of rotatable bonds is 4. The van der Waals surface area contributed by atoms with Crippen LogP contribution in [0.4, 0.5) is 0 Å². The fraction of sp³-hybridized carbons (Fsp3) is 0. The number of fused-ring (bicyclic) bond motifs is 5. The largest absolute Gasteiger partial charge is 0.455 e. The van der Waals surface area contributed by atoms with E-state index >= 15 is 0 Å². The van der Waals surface area contributed by atoms with Gasteiger partial charge in [0.25, 0.3) is 0 Å². The maximum atomic E-state index is 6.37. The first kappa shape index (κ1) is 25.4. The van der Waals surface area contributed by atoms with E-state index in [4.69, 9.17) is 19.4 Å². The average Bonchev–Trinajstić information content (AvgIpc) is 3.50. The Morgan fingerprint density at radius 2 is 0.933 bits per heavy atom. The molecule has 0 amide bonds. The topological polar surface area (TPSA) is 51.8 Å². The van der Waals surface area contributed by atoms with Crippen LogP contribution in [-0.4, -0.2) is 15.0 Å². The smallest absolute Gasteiger partial charge is 0.167 e. The number of benzene rings is 7. The van der Waals surface area contributed by atoms with Crippen molar-refractivity contribution in [1.29, 1.82) is 0 Å². The Balaban J connectivity index is 1.21. The molecule has 0 radical (unpaired) electrons. The third-order valence-corrected chi connectivity index (χ3v) is 8.49. The molecule has 0 N–H and O–H groups in total. The molecule has 4 heteroatoms. The lowest BCUT2D eigenvalue weighted by atomic mass is 9.98. The van der Waals surface area contributed by atoms with Crippen molar-refractivity contribution in [2.75, 3.05) is 0 Å². The second kappa shape index (κ2) is 10.2. The van der Waals surface area contributed by atoms with Gasteiger partial charge in [-0.1, -0.05) is 121 Å². The summed E-state index contributed by atoms with van der Waals surface area (Å²) in [5, 5.41) is 6.87. The highest BCUT2D eigenvalue weighted by Gasteiger charge is 2.17. The molecule has 0 fully saturated rings. The van der Waals surface area contributed by atoms with Crippen molar-refractivity contribution >= 4 is 43.5 Å². The Hall–Kier alpha value is -6.13. The summed E-state index contributed by atoms with van der Waals surface area (Å²) in [4.78, 5) is 15.0. The van der Waals surface area contributed by atoms with Crippen molar-refractivity contribution in [2.24, 2.45) is 0 Å². The Kier molecular flexibility index (Phi) is 5.78. The fourth-order valence-corrected chi connectivity index (χ4v) is 6.20. The maximum absolute atomic E-state index is 6.37. The van der Waals surface area contributed by atoms with E-state index in [1.807, 2.05) is 60.7 Å². The van der Waals surface area contributed by atoms with E-state index in [1.54, 1.807) is 0 Å². The Morgan fingerprint density at radius 3 is 1.76 bits per heavy atom. The molecule has 45 heavy (non-hydrogen) atoms. The van der Waals surface area contributed by atoms with Crippen LogP contribution in [-0.2, 0) is 0 Å². The molecule has 7 aromatic carbocycles. The summed E-state index contributed by atoms with van der Waals surface area (Å²) in [5.41, 5.74) is 6.66. The molecule has 9 rings (SSSR count). The first-order valence-corrected chi connectivity index (χ1v) is 15.0. The van der Waals surface area contributed by atoms with Gasteiger partial charge in [0.1, 0.15) is 11.2 Å². The number of aromatic nitrogens is 3. The molecule has 4 nitrogen and oxygen atoms in total. The average molecular weight is 576 g/mol. The molecule has 210 valence electrons. The monoisotopic (exact) mass is 575 g/mol. The summed E-state index contributed by atoms with van der Waals surface area (Å²) in [6.45, 7) is 0. The van der Waals surface area contributed by atoms with Crippen LogP contribution in [0.3, 0.4) is 0 Å². The minimum absolute atomic E-state index is 0.577. The van der Waals surface area contributed by atoms with Crippen LogP contribution in [0.15, 0.2) is 156 Å². The predicted octanol–water partition coefficient (Wildman–Crippen LogP) is 10.7. The third kappa shape index (κ3) is 4.43. The predicted molar refractivity (Wildman–Crippen MR) is 184 cm³/mol. The molecule has 2 heterocycles. The minimum Gasteiger partial charge on any atom is -0.455 e. The van der Waals surface area contributed by atoms with Gasteiger partial charge in [0.2, 0.25) is 0 Å². The number of furan rings is 1. The normalized spacial score (nSPS) is 11.6. The van der Waals surface area contributed by atoms with Crippen LogP contribution in [0, 0.1) is 0 Å². The molecule has 9 aromatic rings. The second-order valence-corrected chi connectivity index (χ2v) is 11.3. The van der Waals surface area contributed by atoms with Crippen LogP contribution >= 0.6 is 0 Å². The van der Waals surface area contributed by atoms with Crippen LogP contribution in [0.5, 0.6) is 0 Å². The Morgan fingerprint density at radius 1 is 0.356 bits per heavy atom. The van der Waals surface area contributed by atoms with E-state index in [0.29, 0.717) is 17.5 Å². The van der Waals surface area contributed by atoms with Crippen LogP contribution in [0.25, 0.3) is 88.8 Å². The van der Waals surface area contributed by atoms with E-state index in [9.17, 15) is 0 Å². The zero-order chi connectivity index (χ0) is 29.7. The summed E-state index contributed by atoms with van der Waals surface area (Å²) >= 11 is 0. The molecule has 0 saturated heterocycles. The van der Waals surface area contributed by atoms with Gasteiger partial charge in [-0.2, -0.15) is 0 Å². The van der Waals surface area contributed by atoms with Gasteiger partial charge < -0.3 is 4.42 Å². The highest BCUT2D eigenvalue weighted by Crippen LogP contribution is 2.36. The van der Waals surface area contributed by atoms with Gasteiger partial charge in [0.15, 0.2) is 17.5 Å². The van der Waals surface area contributed by atoms with Crippen LogP contribution in [0.1, 0.15) is 0 Å². The van der Waals surface area contributed by atoms with Crippen molar-refractivity contribution in [3.63, 3.8) is 0 Å². The third-order valence-electron chi connectivity index (χ3n) is 8.49. The van der Waals surface area contributed by atoms with Crippen LogP contribution < -0.4 is 0 Å². The molecule has 0 unspecified atom stereocenters. The van der Waals surface area contributed by atoms with Gasteiger partial charge in [-0.15, -0.1) is 0 Å². The van der Waals surface area contributed by atoms with Gasteiger partial charge in [-0.05, 0) is 63.0 Å². The standard InChI is InChI=1S/C41H25N3O/c1-2-10-28(11-3-1)39-42-40(44-41(43-39)36-15-8-14-35-34-13-6-7-16-37(34)45-38(35)36)32-22-19-27-18-21-31(24-33(27)25-32)30-20-17-26-9-4-5-12-29(26)23-30/h1-25H. The highest BCUT2D eigenvalue weighted by atomic mass is 16.3. The summed E-state index contributed by atoms with van der Waals surface area (Å²) < 4.78 is 6.37. The maximum Gasteiger partial charge on any atom is 0.167 e. The van der Waals surface area contributed by atoms with Gasteiger partial charge in [0, 0.05) is 21.9 Å². The number of hydrogen-bond donors (Lipinski definition) is 0. The van der Waals surface area contributed by atoms with Crippen molar-refractivity contribution in [2.45, 2.75) is 0 Å². The van der Waals surface area contributed by atoms with Gasteiger partial charge >= 0.3 is 0 Å². The zero-order valence-corrected chi connectivity index (χ0v) is 24.2. The quantitative estimate of drug-likeness (QED) is 0.209. The van der Waals surface area contributed by atoms with Gasteiger partial charge in [0.05, 0.1) is 5.56 Å². The molecule has 0 atom stereocenters. The lowest BCUT2D eigenvalue weighted by molar-refractivity contribution is 0.669. The first-order valence-electron chi connectivity index (χ1n) is 15.0. The van der Waals surface area contributed by atoms with E-state index in [2.05, 4.69) is 91.0 Å². The highest BCUT2D eigenvalue weighted by molar-refractivity contribution is 6.09. The summed E-state index contributed by atoms with van der Waals surface area (Å²) in [5.74, 6) is 1.81. The summed E-state index contributed by atoms with van der Waals surface area (Å²) in [6.07, 6.45) is 0. The van der Waals surface area contributed by atoms with Crippen LogP contribution in [0.2, 0.25) is 0 Å². The zero-order valence-electron chi connectivity index (χ0n) is 24.2. The lowest BCUT2D eigenvalue weighted by Crippen LogP contribution is -2.00. The number of nitrogens with zero attached hydrogens (tertiary/aromatic N) is 3. The summed E-state index contributed by atoms with van der Waals surface area (Å²) in [7, 11) is 0. The Labute approximate surface area is 259 Å². The van der Waals surface area contributed by atoms with E-state index < -0.39 is 0 Å². The fourth-order valence-electron chi connectivity index (χ4n) is 6.20. The van der Waals surface area contributed by atoms with E-state index in [0.717, 1.165) is 49.4 Å². The van der Waals surface area contributed by atoms with Gasteiger partial charge in [-0.3, -0.25) is 0 Å². The van der Waals surface area contributed by atoms with Crippen molar-refractivity contribution in [1.82, 2.24) is 15.0 Å². The molecule has 0 bridgehead atoms. The molecule has 0 aliphatic carbocycles. The van der Waals surface area contributed by atoms with E-state index in [1.165, 1.54) is 21.9 Å². The first-order chi connectivity index (χ1) is 22.3. The van der Waals surface area contributed by atoms with Crippen molar-refractivity contribution < 1.29 is 4.42 Å². The number of hydrogen-bond acceptors (Lipinski definition) is 4. The second-order valence-electron chi connectivity index (χ2n) is 11.3.